The highest BCUT2D eigenvalue weighted by molar-refractivity contribution is 9.10. The standard InChI is InChI=1S/C22H26BrNO6S/c1-21(2)9-14(10-22(3,4)30-21)24-13-7-5-6-12(8-13)18-16(23)17(29-11-15(25)26)19(31-18)20(27)28/h5-8,14,24H,9-11H2,1-4H3,(H,25,26)(H,27,28). The van der Waals surface area contributed by atoms with Crippen LogP contribution in [0.4, 0.5) is 5.69 Å². The molecule has 168 valence electrons. The van der Waals surface area contributed by atoms with Crippen LogP contribution >= 0.6 is 27.3 Å². The van der Waals surface area contributed by atoms with Crippen molar-refractivity contribution in [2.45, 2.75) is 57.8 Å². The molecule has 0 radical (unpaired) electrons. The van der Waals surface area contributed by atoms with Gasteiger partial charge < -0.3 is 25.0 Å². The maximum absolute atomic E-state index is 11.7. The lowest BCUT2D eigenvalue weighted by atomic mass is 9.85. The van der Waals surface area contributed by atoms with Gasteiger partial charge in [0.2, 0.25) is 0 Å². The van der Waals surface area contributed by atoms with Gasteiger partial charge in [-0.15, -0.1) is 11.3 Å². The normalized spacial score (nSPS) is 17.8. The number of carbonyl (C=O) groups is 2. The molecule has 0 unspecified atom stereocenters. The first kappa shape index (κ1) is 23.6. The fourth-order valence-corrected chi connectivity index (χ4v) is 6.05. The molecule has 0 saturated carbocycles. The van der Waals surface area contributed by atoms with E-state index in [0.717, 1.165) is 35.4 Å². The summed E-state index contributed by atoms with van der Waals surface area (Å²) < 4.78 is 11.8. The lowest BCUT2D eigenvalue weighted by Crippen LogP contribution is -2.49. The molecule has 3 N–H and O–H groups in total. The predicted molar refractivity (Wildman–Crippen MR) is 123 cm³/mol. The molecule has 2 aromatic rings. The highest BCUT2D eigenvalue weighted by Gasteiger charge is 2.39. The molecule has 1 saturated heterocycles. The molecule has 7 nitrogen and oxygen atoms in total. The third-order valence-electron chi connectivity index (χ3n) is 4.87. The number of carboxylic acid groups (broad SMARTS) is 2. The van der Waals surface area contributed by atoms with Crippen LogP contribution in [0, 0.1) is 0 Å². The average Bonchev–Trinajstić information content (AvgIpc) is 2.94. The van der Waals surface area contributed by atoms with Crippen LogP contribution in [0.15, 0.2) is 28.7 Å². The third kappa shape index (κ3) is 5.78. The van der Waals surface area contributed by atoms with Crippen molar-refractivity contribution in [3.8, 4) is 16.2 Å². The van der Waals surface area contributed by atoms with Crippen LogP contribution in [0.2, 0.25) is 0 Å². The minimum Gasteiger partial charge on any atom is -0.479 e. The van der Waals surface area contributed by atoms with E-state index in [0.29, 0.717) is 9.35 Å². The number of hydrogen-bond donors (Lipinski definition) is 3. The second-order valence-electron chi connectivity index (χ2n) is 8.84. The monoisotopic (exact) mass is 511 g/mol. The van der Waals surface area contributed by atoms with Gasteiger partial charge in [0.15, 0.2) is 17.2 Å². The molecule has 0 bridgehead atoms. The second-order valence-corrected chi connectivity index (χ2v) is 10.7. The molecule has 0 spiro atoms. The Kier molecular flexibility index (Phi) is 6.69. The number of anilines is 1. The van der Waals surface area contributed by atoms with Gasteiger partial charge in [-0.25, -0.2) is 9.59 Å². The number of carboxylic acids is 2. The zero-order chi connectivity index (χ0) is 23.0. The van der Waals surface area contributed by atoms with Crippen molar-refractivity contribution in [2.75, 3.05) is 11.9 Å². The van der Waals surface area contributed by atoms with E-state index in [2.05, 4.69) is 48.9 Å². The number of benzene rings is 1. The molecular weight excluding hydrogens is 486 g/mol. The van der Waals surface area contributed by atoms with E-state index in [1.165, 1.54) is 0 Å². The van der Waals surface area contributed by atoms with Crippen LogP contribution in [-0.2, 0) is 9.53 Å². The highest BCUT2D eigenvalue weighted by atomic mass is 79.9. The summed E-state index contributed by atoms with van der Waals surface area (Å²) in [6.45, 7) is 7.75. The van der Waals surface area contributed by atoms with Gasteiger partial charge in [-0.05, 0) is 74.2 Å². The molecule has 0 aliphatic carbocycles. The van der Waals surface area contributed by atoms with Gasteiger partial charge >= 0.3 is 11.9 Å². The van der Waals surface area contributed by atoms with E-state index in [1.54, 1.807) is 0 Å². The lowest BCUT2D eigenvalue weighted by molar-refractivity contribution is -0.158. The first-order chi connectivity index (χ1) is 14.4. The molecule has 0 amide bonds. The van der Waals surface area contributed by atoms with Gasteiger partial charge in [0.05, 0.1) is 20.6 Å². The summed E-state index contributed by atoms with van der Waals surface area (Å²) in [5.74, 6) is -2.32. The van der Waals surface area contributed by atoms with Crippen molar-refractivity contribution in [3.05, 3.63) is 33.6 Å². The van der Waals surface area contributed by atoms with Crippen molar-refractivity contribution in [1.82, 2.24) is 0 Å². The summed E-state index contributed by atoms with van der Waals surface area (Å²) in [6.07, 6.45) is 1.72. The van der Waals surface area contributed by atoms with Crippen LogP contribution in [0.3, 0.4) is 0 Å². The van der Waals surface area contributed by atoms with Gasteiger partial charge in [0.25, 0.3) is 0 Å². The maximum atomic E-state index is 11.7. The van der Waals surface area contributed by atoms with Crippen molar-refractivity contribution in [3.63, 3.8) is 0 Å². The number of ether oxygens (including phenoxy) is 2. The van der Waals surface area contributed by atoms with E-state index in [-0.39, 0.29) is 27.9 Å². The van der Waals surface area contributed by atoms with Gasteiger partial charge in [0.1, 0.15) is 0 Å². The minimum absolute atomic E-state index is 0.0289. The van der Waals surface area contributed by atoms with Crippen LogP contribution in [0.5, 0.6) is 5.75 Å². The van der Waals surface area contributed by atoms with Gasteiger partial charge in [0, 0.05) is 11.7 Å². The summed E-state index contributed by atoms with van der Waals surface area (Å²) in [5.41, 5.74) is 1.25. The Morgan fingerprint density at radius 2 is 1.87 bits per heavy atom. The number of aliphatic carboxylic acids is 1. The fourth-order valence-electron chi connectivity index (χ4n) is 4.16. The fraction of sp³-hybridized carbons (Fsp3) is 0.455. The number of nitrogens with one attached hydrogen (secondary N) is 1. The number of aromatic carboxylic acids is 1. The van der Waals surface area contributed by atoms with E-state index in [4.69, 9.17) is 14.6 Å². The topological polar surface area (TPSA) is 105 Å². The summed E-state index contributed by atoms with van der Waals surface area (Å²) in [7, 11) is 0. The van der Waals surface area contributed by atoms with Crippen molar-refractivity contribution >= 4 is 44.9 Å². The number of rotatable bonds is 7. The van der Waals surface area contributed by atoms with Crippen molar-refractivity contribution < 1.29 is 29.3 Å². The summed E-state index contributed by atoms with van der Waals surface area (Å²) in [6, 6.07) is 7.94. The maximum Gasteiger partial charge on any atom is 0.349 e. The van der Waals surface area contributed by atoms with Crippen LogP contribution < -0.4 is 10.1 Å². The third-order valence-corrected chi connectivity index (χ3v) is 7.09. The molecule has 31 heavy (non-hydrogen) atoms. The number of thiophene rings is 1. The van der Waals surface area contributed by atoms with Gasteiger partial charge in [-0.3, -0.25) is 0 Å². The van der Waals surface area contributed by atoms with Gasteiger partial charge in [-0.2, -0.15) is 0 Å². The second kappa shape index (κ2) is 8.80. The minimum atomic E-state index is -1.18. The predicted octanol–water partition coefficient (Wildman–Crippen LogP) is 5.49. The molecule has 9 heteroatoms. The number of halogens is 1. The molecule has 1 aliphatic heterocycles. The largest absolute Gasteiger partial charge is 0.479 e. The van der Waals surface area contributed by atoms with Gasteiger partial charge in [-0.1, -0.05) is 12.1 Å². The van der Waals surface area contributed by atoms with E-state index < -0.39 is 18.5 Å². The molecule has 1 aliphatic rings. The molecule has 2 heterocycles. The highest BCUT2D eigenvalue weighted by Crippen LogP contribution is 2.46. The van der Waals surface area contributed by atoms with Crippen LogP contribution in [-0.4, -0.2) is 46.0 Å². The summed E-state index contributed by atoms with van der Waals surface area (Å²) in [4.78, 5) is 23.1. The molecule has 1 aromatic carbocycles. The Morgan fingerprint density at radius 3 is 2.45 bits per heavy atom. The van der Waals surface area contributed by atoms with E-state index in [1.807, 2.05) is 24.3 Å². The quantitative estimate of drug-likeness (QED) is 0.451. The zero-order valence-electron chi connectivity index (χ0n) is 17.8. The molecule has 1 fully saturated rings. The zero-order valence-corrected chi connectivity index (χ0v) is 20.2. The molecular formula is C22H26BrNO6S. The van der Waals surface area contributed by atoms with E-state index in [9.17, 15) is 14.7 Å². The Bertz CT molecular complexity index is 984. The Labute approximate surface area is 193 Å². The van der Waals surface area contributed by atoms with E-state index >= 15 is 0 Å². The first-order valence-electron chi connectivity index (χ1n) is 9.84. The van der Waals surface area contributed by atoms with Crippen LogP contribution in [0.1, 0.15) is 50.2 Å². The van der Waals surface area contributed by atoms with Crippen molar-refractivity contribution in [1.29, 1.82) is 0 Å². The van der Waals surface area contributed by atoms with Crippen molar-refractivity contribution in [2.24, 2.45) is 0 Å². The summed E-state index contributed by atoms with van der Waals surface area (Å²) >= 11 is 4.44. The van der Waals surface area contributed by atoms with Crippen LogP contribution in [0.25, 0.3) is 10.4 Å². The smallest absolute Gasteiger partial charge is 0.349 e. The Balaban J connectivity index is 1.89. The lowest BCUT2D eigenvalue weighted by Gasteiger charge is -2.45. The Hall–Kier alpha value is -2.10. The molecule has 1 aromatic heterocycles. The SMILES string of the molecule is CC1(C)CC(Nc2cccc(-c3sc(C(=O)O)c(OCC(=O)O)c3Br)c2)CC(C)(C)O1. The first-order valence-corrected chi connectivity index (χ1v) is 11.5. The number of hydrogen-bond acceptors (Lipinski definition) is 6. The molecule has 3 rings (SSSR count). The average molecular weight is 512 g/mol. The Morgan fingerprint density at radius 1 is 1.23 bits per heavy atom. The molecule has 0 atom stereocenters. The summed E-state index contributed by atoms with van der Waals surface area (Å²) in [5, 5.41) is 22.0.